The van der Waals surface area contributed by atoms with E-state index in [0.29, 0.717) is 36.7 Å². The van der Waals surface area contributed by atoms with Crippen LogP contribution in [0.1, 0.15) is 20.0 Å². The Morgan fingerprint density at radius 1 is 0.903 bits per heavy atom. The Morgan fingerprint density at radius 3 is 2.39 bits per heavy atom. The molecule has 2 aromatic carbocycles. The lowest BCUT2D eigenvalue weighted by atomic mass is 10.1. The van der Waals surface area contributed by atoms with Crippen molar-refractivity contribution in [2.75, 3.05) is 39.3 Å². The van der Waals surface area contributed by atoms with Crippen LogP contribution in [0.3, 0.4) is 0 Å². The second-order valence-corrected chi connectivity index (χ2v) is 8.23. The first-order valence-corrected chi connectivity index (χ1v) is 11.2. The Balaban J connectivity index is 1.28. The summed E-state index contributed by atoms with van der Waals surface area (Å²) in [5.74, 6) is 1.23. The maximum atomic E-state index is 13.1. The monoisotopic (exact) mass is 435 g/mol. The Kier molecular flexibility index (Phi) is 6.96. The molecule has 0 bridgehead atoms. The van der Waals surface area contributed by atoms with E-state index in [1.54, 1.807) is 0 Å². The predicted octanol–water partition coefficient (Wildman–Crippen LogP) is 3.73. The summed E-state index contributed by atoms with van der Waals surface area (Å²) in [4.78, 5) is 30.0. The van der Waals surface area contributed by atoms with Gasteiger partial charge in [-0.15, -0.1) is 11.3 Å². The van der Waals surface area contributed by atoms with Crippen molar-refractivity contribution in [1.82, 2.24) is 15.1 Å². The number of piperazine rings is 1. The molecule has 2 heterocycles. The van der Waals surface area contributed by atoms with Gasteiger partial charge in [-0.05, 0) is 35.7 Å². The molecule has 6 nitrogen and oxygen atoms in total. The molecule has 1 aliphatic heterocycles. The van der Waals surface area contributed by atoms with Crippen LogP contribution in [0, 0.1) is 0 Å². The molecule has 160 valence electrons. The van der Waals surface area contributed by atoms with Gasteiger partial charge in [0, 0.05) is 39.3 Å². The van der Waals surface area contributed by atoms with E-state index in [0.717, 1.165) is 24.5 Å². The van der Waals surface area contributed by atoms with Crippen LogP contribution >= 0.6 is 11.3 Å². The lowest BCUT2D eigenvalue weighted by Gasteiger charge is -2.35. The molecule has 0 aliphatic carbocycles. The molecule has 0 unspecified atom stereocenters. The van der Waals surface area contributed by atoms with Gasteiger partial charge in [0.25, 0.3) is 11.8 Å². The summed E-state index contributed by atoms with van der Waals surface area (Å²) in [5.41, 5.74) is 0.572. The average molecular weight is 436 g/mol. The quantitative estimate of drug-likeness (QED) is 0.614. The maximum Gasteiger partial charge on any atom is 0.261 e. The smallest absolute Gasteiger partial charge is 0.261 e. The number of hydrogen-bond acceptors (Lipinski definition) is 5. The minimum absolute atomic E-state index is 0.0165. The SMILES string of the molecule is O=C(NCCN1CCN(C(=O)c2ccccc2Oc2ccccc2)CC1)c1cccs1. The number of para-hydroxylation sites is 2. The van der Waals surface area contributed by atoms with Crippen molar-refractivity contribution in [2.45, 2.75) is 0 Å². The summed E-state index contributed by atoms with van der Waals surface area (Å²) in [5, 5.41) is 4.85. The molecule has 1 aliphatic rings. The van der Waals surface area contributed by atoms with Gasteiger partial charge in [-0.1, -0.05) is 36.4 Å². The number of hydrogen-bond donors (Lipinski definition) is 1. The van der Waals surface area contributed by atoms with E-state index in [4.69, 9.17) is 4.74 Å². The molecule has 31 heavy (non-hydrogen) atoms. The lowest BCUT2D eigenvalue weighted by Crippen LogP contribution is -2.50. The number of rotatable bonds is 7. The van der Waals surface area contributed by atoms with Crippen LogP contribution in [-0.4, -0.2) is 60.9 Å². The summed E-state index contributed by atoms with van der Waals surface area (Å²) in [7, 11) is 0. The fourth-order valence-electron chi connectivity index (χ4n) is 3.52. The van der Waals surface area contributed by atoms with Gasteiger partial charge >= 0.3 is 0 Å². The zero-order chi connectivity index (χ0) is 21.5. The van der Waals surface area contributed by atoms with Crippen LogP contribution in [-0.2, 0) is 0 Å². The van der Waals surface area contributed by atoms with E-state index < -0.39 is 0 Å². The second kappa shape index (κ2) is 10.2. The highest BCUT2D eigenvalue weighted by molar-refractivity contribution is 7.12. The third-order valence-corrected chi connectivity index (χ3v) is 6.08. The molecule has 3 aromatic rings. The van der Waals surface area contributed by atoms with Gasteiger partial charge in [0.2, 0.25) is 0 Å². The van der Waals surface area contributed by atoms with Crippen molar-refractivity contribution < 1.29 is 14.3 Å². The Labute approximate surface area is 186 Å². The molecule has 1 N–H and O–H groups in total. The number of thiophene rings is 1. The Bertz CT molecular complexity index is 1000. The van der Waals surface area contributed by atoms with E-state index in [9.17, 15) is 9.59 Å². The van der Waals surface area contributed by atoms with Crippen molar-refractivity contribution in [3.63, 3.8) is 0 Å². The molecule has 1 fully saturated rings. The van der Waals surface area contributed by atoms with E-state index in [-0.39, 0.29) is 11.8 Å². The van der Waals surface area contributed by atoms with Gasteiger partial charge in [-0.2, -0.15) is 0 Å². The molecule has 0 radical (unpaired) electrons. The van der Waals surface area contributed by atoms with Crippen molar-refractivity contribution >= 4 is 23.2 Å². The van der Waals surface area contributed by atoms with Gasteiger partial charge < -0.3 is 15.0 Å². The number of amides is 2. The first kappa shape index (κ1) is 21.1. The predicted molar refractivity (Wildman–Crippen MR) is 122 cm³/mol. The number of ether oxygens (including phenoxy) is 1. The zero-order valence-corrected chi connectivity index (χ0v) is 18.0. The van der Waals surface area contributed by atoms with Gasteiger partial charge in [-0.25, -0.2) is 0 Å². The number of nitrogens with one attached hydrogen (secondary N) is 1. The first-order chi connectivity index (χ1) is 15.2. The van der Waals surface area contributed by atoms with Crippen LogP contribution in [0.4, 0.5) is 0 Å². The largest absolute Gasteiger partial charge is 0.457 e. The van der Waals surface area contributed by atoms with E-state index in [2.05, 4.69) is 10.2 Å². The Hall–Kier alpha value is -3.16. The summed E-state index contributed by atoms with van der Waals surface area (Å²) in [6, 6.07) is 20.5. The first-order valence-electron chi connectivity index (χ1n) is 10.4. The van der Waals surface area contributed by atoms with Crippen molar-refractivity contribution in [1.29, 1.82) is 0 Å². The molecule has 0 atom stereocenters. The molecular weight excluding hydrogens is 410 g/mol. The van der Waals surface area contributed by atoms with Crippen LogP contribution in [0.25, 0.3) is 0 Å². The van der Waals surface area contributed by atoms with Crippen LogP contribution in [0.5, 0.6) is 11.5 Å². The fraction of sp³-hybridized carbons (Fsp3) is 0.250. The van der Waals surface area contributed by atoms with Crippen molar-refractivity contribution in [2.24, 2.45) is 0 Å². The maximum absolute atomic E-state index is 13.1. The highest BCUT2D eigenvalue weighted by Gasteiger charge is 2.24. The van der Waals surface area contributed by atoms with Crippen LogP contribution in [0.2, 0.25) is 0 Å². The van der Waals surface area contributed by atoms with E-state index in [1.165, 1.54) is 11.3 Å². The Morgan fingerprint density at radius 2 is 1.65 bits per heavy atom. The third-order valence-electron chi connectivity index (χ3n) is 5.21. The van der Waals surface area contributed by atoms with Gasteiger partial charge in [0.05, 0.1) is 10.4 Å². The van der Waals surface area contributed by atoms with Crippen LogP contribution < -0.4 is 10.1 Å². The summed E-state index contributed by atoms with van der Waals surface area (Å²) in [6.07, 6.45) is 0. The number of benzene rings is 2. The summed E-state index contributed by atoms with van der Waals surface area (Å²) >= 11 is 1.44. The van der Waals surface area contributed by atoms with Gasteiger partial charge in [-0.3, -0.25) is 14.5 Å². The van der Waals surface area contributed by atoms with E-state index >= 15 is 0 Å². The highest BCUT2D eigenvalue weighted by Crippen LogP contribution is 2.26. The second-order valence-electron chi connectivity index (χ2n) is 7.28. The molecule has 1 saturated heterocycles. The molecule has 4 rings (SSSR count). The van der Waals surface area contributed by atoms with Gasteiger partial charge in [0.1, 0.15) is 11.5 Å². The lowest BCUT2D eigenvalue weighted by molar-refractivity contribution is 0.0635. The molecule has 0 saturated carbocycles. The van der Waals surface area contributed by atoms with Crippen molar-refractivity contribution in [3.05, 3.63) is 82.6 Å². The molecule has 7 heteroatoms. The third kappa shape index (κ3) is 5.51. The molecule has 2 amide bonds. The van der Waals surface area contributed by atoms with Gasteiger partial charge in [0.15, 0.2) is 0 Å². The highest BCUT2D eigenvalue weighted by atomic mass is 32.1. The van der Waals surface area contributed by atoms with E-state index in [1.807, 2.05) is 77.0 Å². The van der Waals surface area contributed by atoms with Crippen LogP contribution in [0.15, 0.2) is 72.1 Å². The minimum Gasteiger partial charge on any atom is -0.457 e. The zero-order valence-electron chi connectivity index (χ0n) is 17.2. The normalized spacial score (nSPS) is 14.3. The number of carbonyl (C=O) groups excluding carboxylic acids is 2. The number of carbonyl (C=O) groups is 2. The molecule has 0 spiro atoms. The standard InChI is InChI=1S/C24H25N3O3S/c28-23(22-11-6-18-31-22)25-12-13-26-14-16-27(17-15-26)24(29)20-9-4-5-10-21(20)30-19-7-2-1-3-8-19/h1-11,18H,12-17H2,(H,25,28). The number of nitrogens with zero attached hydrogens (tertiary/aromatic N) is 2. The average Bonchev–Trinajstić information content (AvgIpc) is 3.35. The summed E-state index contributed by atoms with van der Waals surface area (Å²) < 4.78 is 5.95. The van der Waals surface area contributed by atoms with Crippen molar-refractivity contribution in [3.8, 4) is 11.5 Å². The molecule has 1 aromatic heterocycles. The molecular formula is C24H25N3O3S. The fourth-order valence-corrected chi connectivity index (χ4v) is 4.16. The minimum atomic E-state index is -0.0289. The topological polar surface area (TPSA) is 61.9 Å². The summed E-state index contributed by atoms with van der Waals surface area (Å²) in [6.45, 7) is 4.23.